The topological polar surface area (TPSA) is 58.2 Å². The SMILES string of the molecule is CCCC1(CNS(=O)(=O)c2csc(CNC3CC3)c2)CC1. The number of hydrogen-bond donors (Lipinski definition) is 2. The summed E-state index contributed by atoms with van der Waals surface area (Å²) in [5.41, 5.74) is 0.244. The van der Waals surface area contributed by atoms with Crippen LogP contribution in [-0.4, -0.2) is 21.0 Å². The predicted octanol–water partition coefficient (Wildman–Crippen LogP) is 2.86. The highest BCUT2D eigenvalue weighted by Gasteiger charge is 2.42. The van der Waals surface area contributed by atoms with E-state index in [2.05, 4.69) is 17.0 Å². The average Bonchev–Trinajstić information content (AvgIpc) is 3.37. The van der Waals surface area contributed by atoms with Crippen molar-refractivity contribution in [1.29, 1.82) is 0 Å². The molecule has 0 atom stereocenters. The summed E-state index contributed by atoms with van der Waals surface area (Å²) in [5.74, 6) is 0. The first-order valence-electron chi connectivity index (χ1n) is 7.83. The molecule has 0 aliphatic heterocycles. The van der Waals surface area contributed by atoms with Crippen LogP contribution < -0.4 is 10.0 Å². The van der Waals surface area contributed by atoms with Crippen LogP contribution in [-0.2, 0) is 16.6 Å². The molecule has 1 aromatic heterocycles. The van der Waals surface area contributed by atoms with Gasteiger partial charge in [-0.05, 0) is 43.6 Å². The van der Waals surface area contributed by atoms with Gasteiger partial charge in [0.1, 0.15) is 0 Å². The van der Waals surface area contributed by atoms with Crippen molar-refractivity contribution < 1.29 is 8.42 Å². The molecule has 0 unspecified atom stereocenters. The Morgan fingerprint density at radius 1 is 1.38 bits per heavy atom. The van der Waals surface area contributed by atoms with Gasteiger partial charge >= 0.3 is 0 Å². The maximum Gasteiger partial charge on any atom is 0.241 e. The van der Waals surface area contributed by atoms with Gasteiger partial charge in [0.25, 0.3) is 0 Å². The van der Waals surface area contributed by atoms with Crippen LogP contribution in [0.4, 0.5) is 0 Å². The fourth-order valence-electron chi connectivity index (χ4n) is 2.68. The van der Waals surface area contributed by atoms with Crippen LogP contribution >= 0.6 is 11.3 Å². The van der Waals surface area contributed by atoms with E-state index in [1.165, 1.54) is 24.2 Å². The van der Waals surface area contributed by atoms with Crippen molar-refractivity contribution in [2.24, 2.45) is 5.41 Å². The molecule has 0 spiro atoms. The van der Waals surface area contributed by atoms with E-state index in [0.717, 1.165) is 37.1 Å². The molecule has 4 nitrogen and oxygen atoms in total. The van der Waals surface area contributed by atoms with Crippen LogP contribution in [0.5, 0.6) is 0 Å². The minimum Gasteiger partial charge on any atom is -0.309 e. The average molecular weight is 329 g/mol. The Kier molecular flexibility index (Phi) is 4.41. The standard InChI is InChI=1S/C15H24N2O2S2/c1-2-5-15(6-7-15)11-17-21(18,19)14-8-13(20-10-14)9-16-12-3-4-12/h8,10,12,16-17H,2-7,9,11H2,1H3. The molecule has 21 heavy (non-hydrogen) atoms. The Hall–Kier alpha value is -0.430. The molecule has 0 bridgehead atoms. The van der Waals surface area contributed by atoms with Gasteiger partial charge in [0.15, 0.2) is 0 Å². The van der Waals surface area contributed by atoms with Crippen molar-refractivity contribution in [2.75, 3.05) is 6.54 Å². The summed E-state index contributed by atoms with van der Waals surface area (Å²) in [4.78, 5) is 1.52. The quantitative estimate of drug-likeness (QED) is 0.733. The lowest BCUT2D eigenvalue weighted by Gasteiger charge is -2.14. The van der Waals surface area contributed by atoms with Crippen molar-refractivity contribution in [3.8, 4) is 0 Å². The third-order valence-corrected chi connectivity index (χ3v) is 6.92. The van der Waals surface area contributed by atoms with E-state index in [9.17, 15) is 8.42 Å². The van der Waals surface area contributed by atoms with E-state index in [4.69, 9.17) is 0 Å². The molecule has 1 heterocycles. The Bertz CT molecular complexity index is 587. The maximum absolute atomic E-state index is 12.3. The van der Waals surface area contributed by atoms with Gasteiger partial charge in [-0.1, -0.05) is 13.3 Å². The largest absolute Gasteiger partial charge is 0.309 e. The second-order valence-corrected chi connectivity index (χ2v) is 9.24. The zero-order valence-electron chi connectivity index (χ0n) is 12.5. The molecule has 118 valence electrons. The third kappa shape index (κ3) is 4.06. The molecular weight excluding hydrogens is 304 g/mol. The highest BCUT2D eigenvalue weighted by molar-refractivity contribution is 7.89. The van der Waals surface area contributed by atoms with Crippen LogP contribution in [0.25, 0.3) is 0 Å². The molecule has 3 rings (SSSR count). The molecule has 2 aliphatic rings. The van der Waals surface area contributed by atoms with Gasteiger partial charge in [0, 0.05) is 29.4 Å². The van der Waals surface area contributed by atoms with E-state index >= 15 is 0 Å². The molecule has 0 saturated heterocycles. The molecule has 1 aromatic rings. The number of hydrogen-bond acceptors (Lipinski definition) is 4. The van der Waals surface area contributed by atoms with Gasteiger partial charge in [-0.25, -0.2) is 13.1 Å². The first-order valence-corrected chi connectivity index (χ1v) is 10.2. The van der Waals surface area contributed by atoms with Crippen molar-refractivity contribution in [3.63, 3.8) is 0 Å². The summed E-state index contributed by atoms with van der Waals surface area (Å²) in [6.07, 6.45) is 7.05. The number of sulfonamides is 1. The van der Waals surface area contributed by atoms with Crippen molar-refractivity contribution in [1.82, 2.24) is 10.0 Å². The van der Waals surface area contributed by atoms with Gasteiger partial charge in [-0.2, -0.15) is 0 Å². The number of thiophene rings is 1. The lowest BCUT2D eigenvalue weighted by atomic mass is 10.0. The molecule has 0 radical (unpaired) electrons. The summed E-state index contributed by atoms with van der Waals surface area (Å²) in [6.45, 7) is 3.53. The van der Waals surface area contributed by atoms with Crippen LogP contribution in [0.1, 0.15) is 50.3 Å². The third-order valence-electron chi connectivity index (χ3n) is 4.46. The zero-order valence-corrected chi connectivity index (χ0v) is 14.2. The number of rotatable bonds is 9. The summed E-state index contributed by atoms with van der Waals surface area (Å²) in [5, 5.41) is 5.17. The molecular formula is C15H24N2O2S2. The van der Waals surface area contributed by atoms with Gasteiger partial charge < -0.3 is 5.32 Å². The normalized spacial score (nSPS) is 20.6. The molecule has 0 amide bonds. The number of nitrogens with one attached hydrogen (secondary N) is 2. The van der Waals surface area contributed by atoms with Crippen molar-refractivity contribution in [2.45, 2.75) is 62.9 Å². The molecule has 6 heteroatoms. The fourth-order valence-corrected chi connectivity index (χ4v) is 5.06. The molecule has 2 N–H and O–H groups in total. The van der Waals surface area contributed by atoms with E-state index in [-0.39, 0.29) is 5.41 Å². The molecule has 0 aromatic carbocycles. The smallest absolute Gasteiger partial charge is 0.241 e. The maximum atomic E-state index is 12.3. The second kappa shape index (κ2) is 5.99. The Morgan fingerprint density at radius 3 is 2.76 bits per heavy atom. The van der Waals surface area contributed by atoms with Crippen molar-refractivity contribution in [3.05, 3.63) is 16.3 Å². The minimum atomic E-state index is -3.34. The lowest BCUT2D eigenvalue weighted by Crippen LogP contribution is -2.30. The highest BCUT2D eigenvalue weighted by Crippen LogP contribution is 2.49. The lowest BCUT2D eigenvalue weighted by molar-refractivity contribution is 0.449. The van der Waals surface area contributed by atoms with Gasteiger partial charge in [-0.15, -0.1) is 11.3 Å². The van der Waals surface area contributed by atoms with Gasteiger partial charge in [-0.3, -0.25) is 0 Å². The van der Waals surface area contributed by atoms with E-state index in [1.54, 1.807) is 5.38 Å². The van der Waals surface area contributed by atoms with E-state index in [1.807, 2.05) is 6.07 Å². The van der Waals surface area contributed by atoms with Crippen LogP contribution in [0, 0.1) is 5.41 Å². The minimum absolute atomic E-state index is 0.244. The monoisotopic (exact) mass is 328 g/mol. The molecule has 2 fully saturated rings. The predicted molar refractivity (Wildman–Crippen MR) is 85.9 cm³/mol. The van der Waals surface area contributed by atoms with Gasteiger partial charge in [0.05, 0.1) is 4.90 Å². The summed E-state index contributed by atoms with van der Waals surface area (Å²) in [6, 6.07) is 2.45. The summed E-state index contributed by atoms with van der Waals surface area (Å²) in [7, 11) is -3.34. The van der Waals surface area contributed by atoms with Crippen LogP contribution in [0.3, 0.4) is 0 Å². The fraction of sp³-hybridized carbons (Fsp3) is 0.733. The summed E-state index contributed by atoms with van der Waals surface area (Å²) < 4.78 is 27.5. The first-order chi connectivity index (χ1) is 10.0. The Morgan fingerprint density at radius 2 is 2.14 bits per heavy atom. The van der Waals surface area contributed by atoms with Crippen LogP contribution in [0.2, 0.25) is 0 Å². The highest BCUT2D eigenvalue weighted by atomic mass is 32.2. The van der Waals surface area contributed by atoms with E-state index in [0.29, 0.717) is 17.5 Å². The second-order valence-electron chi connectivity index (χ2n) is 6.48. The van der Waals surface area contributed by atoms with Crippen molar-refractivity contribution >= 4 is 21.4 Å². The Labute approximate surface area is 131 Å². The van der Waals surface area contributed by atoms with Crippen LogP contribution in [0.15, 0.2) is 16.3 Å². The van der Waals surface area contributed by atoms with Gasteiger partial charge in [0.2, 0.25) is 10.0 Å². The van der Waals surface area contributed by atoms with E-state index < -0.39 is 10.0 Å². The zero-order chi connectivity index (χ0) is 14.9. The molecule has 2 aliphatic carbocycles. The molecule has 2 saturated carbocycles. The summed E-state index contributed by atoms with van der Waals surface area (Å²) >= 11 is 1.52. The Balaban J connectivity index is 1.56. The first kappa shape index (κ1) is 15.5.